The van der Waals surface area contributed by atoms with Crippen molar-refractivity contribution in [1.29, 1.82) is 0 Å². The maximum absolute atomic E-state index is 15.0. The van der Waals surface area contributed by atoms with Crippen molar-refractivity contribution < 1.29 is 0 Å². The highest BCUT2D eigenvalue weighted by Crippen LogP contribution is 2.42. The SMILES string of the molecule is O=c1c2ccc(-c3ccccc3)cc2c2cc(-c3ccccc3)ccc2n1-c1c2ccccc2c(-c2ccccc2)c2ccccc12. The van der Waals surface area contributed by atoms with Crippen LogP contribution in [0.25, 0.3) is 82.3 Å². The first kappa shape index (κ1) is 27.1. The Hall–Kier alpha value is -6.25. The lowest BCUT2D eigenvalue weighted by Crippen LogP contribution is -2.20. The number of nitrogens with zero attached hydrogens (tertiary/aromatic N) is 1. The summed E-state index contributed by atoms with van der Waals surface area (Å²) < 4.78 is 1.97. The van der Waals surface area contributed by atoms with E-state index in [0.29, 0.717) is 5.39 Å². The third-order valence-corrected chi connectivity index (χ3v) is 9.38. The maximum Gasteiger partial charge on any atom is 0.263 e. The molecule has 0 aliphatic heterocycles. The van der Waals surface area contributed by atoms with Gasteiger partial charge in [0, 0.05) is 21.5 Å². The monoisotopic (exact) mass is 599 g/mol. The predicted octanol–water partition coefficient (Wildman–Crippen LogP) is 11.5. The van der Waals surface area contributed by atoms with Crippen molar-refractivity contribution in [3.63, 3.8) is 0 Å². The second-order valence-electron chi connectivity index (χ2n) is 12.0. The van der Waals surface area contributed by atoms with Gasteiger partial charge < -0.3 is 0 Å². The zero-order valence-corrected chi connectivity index (χ0v) is 25.6. The van der Waals surface area contributed by atoms with Crippen molar-refractivity contribution in [1.82, 2.24) is 4.57 Å². The Morgan fingerprint density at radius 1 is 0.319 bits per heavy atom. The minimum atomic E-state index is -0.0256. The van der Waals surface area contributed by atoms with Crippen LogP contribution in [0.2, 0.25) is 0 Å². The van der Waals surface area contributed by atoms with Gasteiger partial charge in [-0.1, -0.05) is 152 Å². The van der Waals surface area contributed by atoms with E-state index in [-0.39, 0.29) is 5.56 Å². The molecule has 0 bridgehead atoms. The normalized spacial score (nSPS) is 11.5. The van der Waals surface area contributed by atoms with Crippen LogP contribution in [0, 0.1) is 0 Å². The summed E-state index contributed by atoms with van der Waals surface area (Å²) >= 11 is 0. The average molecular weight is 600 g/mol. The summed E-state index contributed by atoms with van der Waals surface area (Å²) in [5.74, 6) is 0. The first-order valence-electron chi connectivity index (χ1n) is 16.0. The number of hydrogen-bond donors (Lipinski definition) is 0. The third kappa shape index (κ3) is 4.38. The van der Waals surface area contributed by atoms with E-state index in [9.17, 15) is 4.79 Å². The molecule has 0 N–H and O–H groups in total. The summed E-state index contributed by atoms with van der Waals surface area (Å²) in [6.07, 6.45) is 0. The van der Waals surface area contributed by atoms with Crippen LogP contribution in [0.4, 0.5) is 0 Å². The Bertz CT molecular complexity index is 2620. The Morgan fingerprint density at radius 2 is 0.766 bits per heavy atom. The fourth-order valence-electron chi connectivity index (χ4n) is 7.23. The van der Waals surface area contributed by atoms with Crippen molar-refractivity contribution in [2.45, 2.75) is 0 Å². The molecule has 0 fully saturated rings. The summed E-state index contributed by atoms with van der Waals surface area (Å²) in [5.41, 5.74) is 8.57. The molecule has 0 aliphatic rings. The van der Waals surface area contributed by atoms with Gasteiger partial charge in [0.1, 0.15) is 0 Å². The van der Waals surface area contributed by atoms with Crippen LogP contribution in [0.1, 0.15) is 0 Å². The molecule has 47 heavy (non-hydrogen) atoms. The van der Waals surface area contributed by atoms with E-state index >= 15 is 0 Å². The Balaban J connectivity index is 1.45. The van der Waals surface area contributed by atoms with Gasteiger partial charge in [-0.15, -0.1) is 0 Å². The molecule has 0 amide bonds. The molecule has 9 aromatic rings. The van der Waals surface area contributed by atoms with Gasteiger partial charge in [0.2, 0.25) is 0 Å². The number of pyridine rings is 1. The van der Waals surface area contributed by atoms with Crippen molar-refractivity contribution in [3.8, 4) is 39.1 Å². The van der Waals surface area contributed by atoms with Gasteiger partial charge in [-0.05, 0) is 73.8 Å². The fourth-order valence-corrected chi connectivity index (χ4v) is 7.23. The minimum absolute atomic E-state index is 0.0256. The van der Waals surface area contributed by atoms with Gasteiger partial charge in [-0.3, -0.25) is 9.36 Å². The first-order chi connectivity index (χ1) is 23.3. The van der Waals surface area contributed by atoms with Gasteiger partial charge in [0.05, 0.1) is 11.2 Å². The lowest BCUT2D eigenvalue weighted by molar-refractivity contribution is 1.08. The highest BCUT2D eigenvalue weighted by molar-refractivity contribution is 6.19. The van der Waals surface area contributed by atoms with E-state index in [1.165, 1.54) is 5.56 Å². The highest BCUT2D eigenvalue weighted by Gasteiger charge is 2.21. The van der Waals surface area contributed by atoms with Crippen LogP contribution in [-0.4, -0.2) is 4.57 Å². The van der Waals surface area contributed by atoms with E-state index in [4.69, 9.17) is 0 Å². The average Bonchev–Trinajstić information content (AvgIpc) is 3.15. The van der Waals surface area contributed by atoms with Crippen LogP contribution in [0.3, 0.4) is 0 Å². The predicted molar refractivity (Wildman–Crippen MR) is 198 cm³/mol. The minimum Gasteiger partial charge on any atom is -0.275 e. The molecule has 2 heteroatoms. The zero-order valence-electron chi connectivity index (χ0n) is 25.6. The van der Waals surface area contributed by atoms with E-state index in [1.54, 1.807) is 0 Å². The van der Waals surface area contributed by atoms with Gasteiger partial charge in [-0.25, -0.2) is 0 Å². The highest BCUT2D eigenvalue weighted by atomic mass is 16.1. The van der Waals surface area contributed by atoms with E-state index in [0.717, 1.165) is 71.3 Å². The molecule has 0 radical (unpaired) electrons. The van der Waals surface area contributed by atoms with E-state index < -0.39 is 0 Å². The smallest absolute Gasteiger partial charge is 0.263 e. The molecule has 0 saturated heterocycles. The number of aromatic nitrogens is 1. The van der Waals surface area contributed by atoms with Crippen molar-refractivity contribution in [3.05, 3.63) is 186 Å². The number of rotatable bonds is 4. The van der Waals surface area contributed by atoms with Gasteiger partial charge in [0.25, 0.3) is 5.56 Å². The van der Waals surface area contributed by atoms with Crippen LogP contribution >= 0.6 is 0 Å². The molecular formula is C45H29NO. The Morgan fingerprint density at radius 3 is 1.32 bits per heavy atom. The first-order valence-corrected chi connectivity index (χ1v) is 16.0. The lowest BCUT2D eigenvalue weighted by atomic mass is 9.90. The van der Waals surface area contributed by atoms with Gasteiger partial charge >= 0.3 is 0 Å². The molecule has 1 aromatic heterocycles. The molecule has 0 saturated carbocycles. The Kier molecular flexibility index (Phi) is 6.33. The Labute approximate surface area is 272 Å². The van der Waals surface area contributed by atoms with Crippen molar-refractivity contribution in [2.24, 2.45) is 0 Å². The molecule has 2 nitrogen and oxygen atoms in total. The van der Waals surface area contributed by atoms with Crippen LogP contribution < -0.4 is 5.56 Å². The molecule has 1 heterocycles. The van der Waals surface area contributed by atoms with Gasteiger partial charge in [-0.2, -0.15) is 0 Å². The second-order valence-corrected chi connectivity index (χ2v) is 12.0. The van der Waals surface area contributed by atoms with Crippen LogP contribution in [-0.2, 0) is 0 Å². The number of fused-ring (bicyclic) bond motifs is 5. The molecule has 9 rings (SSSR count). The van der Waals surface area contributed by atoms with E-state index in [1.807, 2.05) is 22.8 Å². The van der Waals surface area contributed by atoms with Crippen molar-refractivity contribution in [2.75, 3.05) is 0 Å². The maximum atomic E-state index is 15.0. The molecule has 0 aliphatic carbocycles. The molecule has 8 aromatic carbocycles. The second kappa shape index (κ2) is 11.0. The molecule has 0 atom stereocenters. The van der Waals surface area contributed by atoms with E-state index in [2.05, 4.69) is 158 Å². The third-order valence-electron chi connectivity index (χ3n) is 9.38. The molecular weight excluding hydrogens is 571 g/mol. The van der Waals surface area contributed by atoms with Crippen LogP contribution in [0.5, 0.6) is 0 Å². The lowest BCUT2D eigenvalue weighted by Gasteiger charge is -2.21. The molecule has 220 valence electrons. The van der Waals surface area contributed by atoms with Gasteiger partial charge in [0.15, 0.2) is 0 Å². The van der Waals surface area contributed by atoms with Crippen molar-refractivity contribution >= 4 is 43.2 Å². The molecule has 0 spiro atoms. The fraction of sp³-hybridized carbons (Fsp3) is 0. The summed E-state index contributed by atoms with van der Waals surface area (Å²) in [5, 5.41) is 7.01. The quantitative estimate of drug-likeness (QED) is 0.146. The largest absolute Gasteiger partial charge is 0.275 e. The summed E-state index contributed by atoms with van der Waals surface area (Å²) in [7, 11) is 0. The zero-order chi connectivity index (χ0) is 31.3. The standard InChI is InChI=1S/C45H29NO/c47-45-39-26-24-33(30-14-4-1-5-15-30)28-40(39)41-29-34(31-16-6-2-7-17-31)25-27-42(41)46(45)44-37-22-12-10-20-35(37)43(32-18-8-3-9-19-32)36-21-11-13-23-38(36)44/h1-29H. The van der Waals surface area contributed by atoms with Crippen LogP contribution in [0.15, 0.2) is 181 Å². The summed E-state index contributed by atoms with van der Waals surface area (Å²) in [6.45, 7) is 0. The summed E-state index contributed by atoms with van der Waals surface area (Å²) in [6, 6.07) is 61.2. The summed E-state index contributed by atoms with van der Waals surface area (Å²) in [4.78, 5) is 15.0. The molecule has 0 unspecified atom stereocenters. The number of benzene rings is 8. The number of hydrogen-bond acceptors (Lipinski definition) is 1. The topological polar surface area (TPSA) is 22.0 Å².